The molecule has 1 nitrogen and oxygen atoms in total. The zero-order valence-electron chi connectivity index (χ0n) is 7.66. The minimum Gasteiger partial charge on any atom is -0.203 e. The van der Waals surface area contributed by atoms with Crippen molar-refractivity contribution in [2.45, 2.75) is 32.6 Å². The van der Waals surface area contributed by atoms with Crippen LogP contribution in [-0.4, -0.2) is 7.85 Å². The maximum absolute atomic E-state index is 5.42. The smallest absolute Gasteiger partial charge is 0.178 e. The van der Waals surface area contributed by atoms with Crippen LogP contribution >= 0.6 is 0 Å². The predicted octanol–water partition coefficient (Wildman–Crippen LogP) is 1.65. The first-order valence-corrected chi connectivity index (χ1v) is 4.49. The normalized spacial score (nSPS) is 10.1. The van der Waals surface area contributed by atoms with Crippen molar-refractivity contribution < 1.29 is 4.57 Å². The Morgan fingerprint density at radius 2 is 2.17 bits per heavy atom. The Hall–Kier alpha value is -0.785. The molecule has 0 fully saturated rings. The largest absolute Gasteiger partial charge is 0.203 e. The molecule has 1 rings (SSSR count). The maximum atomic E-state index is 5.42. The number of aromatic nitrogens is 1. The molecule has 12 heavy (non-hydrogen) atoms. The third-order valence-corrected chi connectivity index (χ3v) is 2.02. The Balaban J connectivity index is 2.46. The molecule has 0 aliphatic heterocycles. The Labute approximate surface area is 75.8 Å². The second kappa shape index (κ2) is 4.97. The molecular weight excluding hydrogens is 145 g/mol. The molecule has 1 aromatic rings. The highest BCUT2D eigenvalue weighted by molar-refractivity contribution is 6.08. The number of hydrogen-bond acceptors (Lipinski definition) is 0. The second-order valence-corrected chi connectivity index (χ2v) is 3.03. The third kappa shape index (κ3) is 2.69. The highest BCUT2D eigenvalue weighted by Gasteiger charge is 2.01. The fourth-order valence-electron chi connectivity index (χ4n) is 1.24. The van der Waals surface area contributed by atoms with Crippen LogP contribution < -0.4 is 4.57 Å². The van der Waals surface area contributed by atoms with Crippen molar-refractivity contribution >= 4 is 7.85 Å². The summed E-state index contributed by atoms with van der Waals surface area (Å²) in [5.41, 5.74) is 1.31. The number of pyridine rings is 1. The standard InChI is InChI=1S/C10H15BN/c1-10-6-2-4-8-12(10)9-5-3-7-11/h2,4,6,8H,3,5,7,9H2,1H3/q+1. The summed E-state index contributed by atoms with van der Waals surface area (Å²) in [6.07, 6.45) is 5.20. The number of rotatable bonds is 4. The first kappa shape index (κ1) is 9.30. The van der Waals surface area contributed by atoms with Gasteiger partial charge in [0.15, 0.2) is 11.9 Å². The van der Waals surface area contributed by atoms with E-state index in [-0.39, 0.29) is 0 Å². The fraction of sp³-hybridized carbons (Fsp3) is 0.500. The average molecular weight is 160 g/mol. The predicted molar refractivity (Wildman–Crippen MR) is 51.2 cm³/mol. The van der Waals surface area contributed by atoms with Gasteiger partial charge in [0.25, 0.3) is 0 Å². The van der Waals surface area contributed by atoms with Crippen LogP contribution in [0.1, 0.15) is 18.5 Å². The molecular formula is C10H15BN+. The number of aryl methyl sites for hydroxylation is 2. The molecule has 0 aliphatic rings. The molecule has 0 aliphatic carbocycles. The molecule has 1 aromatic heterocycles. The first-order valence-electron chi connectivity index (χ1n) is 4.49. The Kier molecular flexibility index (Phi) is 3.85. The van der Waals surface area contributed by atoms with E-state index in [4.69, 9.17) is 7.85 Å². The topological polar surface area (TPSA) is 3.88 Å². The molecule has 1 heterocycles. The van der Waals surface area contributed by atoms with Gasteiger partial charge in [-0.25, -0.2) is 4.57 Å². The number of hydrogen-bond donors (Lipinski definition) is 0. The average Bonchev–Trinajstić information content (AvgIpc) is 2.09. The van der Waals surface area contributed by atoms with E-state index in [1.165, 1.54) is 12.1 Å². The molecule has 2 radical (unpaired) electrons. The van der Waals surface area contributed by atoms with Crippen LogP contribution in [0.25, 0.3) is 0 Å². The van der Waals surface area contributed by atoms with E-state index in [9.17, 15) is 0 Å². The van der Waals surface area contributed by atoms with Crippen molar-refractivity contribution in [1.29, 1.82) is 0 Å². The van der Waals surface area contributed by atoms with Crippen molar-refractivity contribution in [3.05, 3.63) is 30.1 Å². The molecule has 0 atom stereocenters. The van der Waals surface area contributed by atoms with Gasteiger partial charge in [-0.1, -0.05) is 18.8 Å². The second-order valence-electron chi connectivity index (χ2n) is 3.03. The van der Waals surface area contributed by atoms with Crippen LogP contribution in [0.3, 0.4) is 0 Å². The van der Waals surface area contributed by atoms with Gasteiger partial charge in [0, 0.05) is 25.5 Å². The van der Waals surface area contributed by atoms with Crippen molar-refractivity contribution in [1.82, 2.24) is 0 Å². The highest BCUT2D eigenvalue weighted by Crippen LogP contribution is 1.94. The lowest BCUT2D eigenvalue weighted by atomic mass is 10.0. The van der Waals surface area contributed by atoms with E-state index in [1.54, 1.807) is 0 Å². The minimum absolute atomic E-state index is 0.798. The summed E-state index contributed by atoms with van der Waals surface area (Å²) in [4.78, 5) is 0. The van der Waals surface area contributed by atoms with Crippen molar-refractivity contribution in [2.24, 2.45) is 0 Å². The zero-order chi connectivity index (χ0) is 8.81. The molecule has 0 aromatic carbocycles. The van der Waals surface area contributed by atoms with Crippen LogP contribution in [0, 0.1) is 6.92 Å². The quantitative estimate of drug-likeness (QED) is 0.358. The third-order valence-electron chi connectivity index (χ3n) is 2.02. The summed E-state index contributed by atoms with van der Waals surface area (Å²) in [7, 11) is 5.42. The minimum atomic E-state index is 0.798. The summed E-state index contributed by atoms with van der Waals surface area (Å²) in [5, 5.41) is 0. The van der Waals surface area contributed by atoms with Crippen molar-refractivity contribution in [3.8, 4) is 0 Å². The molecule has 0 saturated heterocycles. The highest BCUT2D eigenvalue weighted by atomic mass is 14.9. The SMILES string of the molecule is [B]CCCC[n+]1ccccc1C. The van der Waals surface area contributed by atoms with Crippen molar-refractivity contribution in [3.63, 3.8) is 0 Å². The van der Waals surface area contributed by atoms with Crippen LogP contribution in [0.4, 0.5) is 0 Å². The van der Waals surface area contributed by atoms with Gasteiger partial charge in [-0.3, -0.25) is 0 Å². The van der Waals surface area contributed by atoms with Crippen LogP contribution in [0.5, 0.6) is 0 Å². The Morgan fingerprint density at radius 3 is 2.83 bits per heavy atom. The molecule has 62 valence electrons. The van der Waals surface area contributed by atoms with E-state index < -0.39 is 0 Å². The van der Waals surface area contributed by atoms with E-state index >= 15 is 0 Å². The van der Waals surface area contributed by atoms with Gasteiger partial charge in [0.05, 0.1) is 7.85 Å². The zero-order valence-corrected chi connectivity index (χ0v) is 7.66. The first-order chi connectivity index (χ1) is 5.84. The summed E-state index contributed by atoms with van der Waals surface area (Å²) >= 11 is 0. The monoisotopic (exact) mass is 160 g/mol. The summed E-state index contributed by atoms with van der Waals surface area (Å²) in [5.74, 6) is 0. The van der Waals surface area contributed by atoms with Gasteiger partial charge in [-0.05, 0) is 0 Å². The van der Waals surface area contributed by atoms with E-state index in [2.05, 4.69) is 35.9 Å². The van der Waals surface area contributed by atoms with E-state index in [1.807, 2.05) is 0 Å². The van der Waals surface area contributed by atoms with Crippen molar-refractivity contribution in [2.75, 3.05) is 0 Å². The van der Waals surface area contributed by atoms with Gasteiger partial charge in [0.2, 0.25) is 0 Å². The Morgan fingerprint density at radius 1 is 1.33 bits per heavy atom. The van der Waals surface area contributed by atoms with Gasteiger partial charge in [-0.2, -0.15) is 0 Å². The van der Waals surface area contributed by atoms with E-state index in [0.717, 1.165) is 19.3 Å². The maximum Gasteiger partial charge on any atom is 0.178 e. The summed E-state index contributed by atoms with van der Waals surface area (Å²) in [6, 6.07) is 6.26. The van der Waals surface area contributed by atoms with Crippen LogP contribution in [-0.2, 0) is 6.54 Å². The molecule has 0 saturated carbocycles. The lowest BCUT2D eigenvalue weighted by Crippen LogP contribution is -2.36. The number of unbranched alkanes of at least 4 members (excludes halogenated alkanes) is 1. The summed E-state index contributed by atoms with van der Waals surface area (Å²) < 4.78 is 2.26. The van der Waals surface area contributed by atoms with E-state index in [0.29, 0.717) is 0 Å². The molecule has 2 heteroatoms. The molecule has 0 bridgehead atoms. The van der Waals surface area contributed by atoms with Crippen LogP contribution in [0.2, 0.25) is 6.32 Å². The van der Waals surface area contributed by atoms with Crippen LogP contribution in [0.15, 0.2) is 24.4 Å². The van der Waals surface area contributed by atoms with Gasteiger partial charge >= 0.3 is 0 Å². The fourth-order valence-corrected chi connectivity index (χ4v) is 1.24. The summed E-state index contributed by atoms with van der Waals surface area (Å²) in [6.45, 7) is 3.21. The molecule has 0 spiro atoms. The van der Waals surface area contributed by atoms with Gasteiger partial charge in [0.1, 0.15) is 6.54 Å². The van der Waals surface area contributed by atoms with Gasteiger partial charge < -0.3 is 0 Å². The molecule has 0 amide bonds. The van der Waals surface area contributed by atoms with Gasteiger partial charge in [-0.15, -0.1) is 0 Å². The lowest BCUT2D eigenvalue weighted by Gasteiger charge is -1.98. The molecule has 0 N–H and O–H groups in total. The lowest BCUT2D eigenvalue weighted by molar-refractivity contribution is -0.703. The Bertz CT molecular complexity index is 235. The number of nitrogens with zero attached hydrogens (tertiary/aromatic N) is 1. The molecule has 0 unspecified atom stereocenters.